The predicted octanol–water partition coefficient (Wildman–Crippen LogP) is 6.53. The van der Waals surface area contributed by atoms with Crippen LogP contribution in [0.25, 0.3) is 21.5 Å². The maximum absolute atomic E-state index is 13.5. The normalized spacial score (nSPS) is 18.0. The quantitative estimate of drug-likeness (QED) is 0.247. The summed E-state index contributed by atoms with van der Waals surface area (Å²) in [7, 11) is 0. The fraction of sp³-hybridized carbons (Fsp3) is 0.0690. The lowest BCUT2D eigenvalue weighted by atomic mass is 9.88. The third-order valence-electron chi connectivity index (χ3n) is 6.20. The molecule has 1 aliphatic rings. The standard InChI is InChI=1S/C29H21NO2/c31-29-28(32-22-14-5-2-6-15-22)27(20-11-3-1-4-12-20)30(29)26-19-21-13-7-8-16-23(21)24-17-9-10-18-25(24)26/h1-19,27-28H/t27-,28?/m0/s1. The first kappa shape index (κ1) is 18.6. The van der Waals surface area contributed by atoms with Crippen LogP contribution in [-0.2, 0) is 4.79 Å². The minimum Gasteiger partial charge on any atom is -0.478 e. The van der Waals surface area contributed by atoms with Crippen LogP contribution < -0.4 is 9.64 Å². The lowest BCUT2D eigenvalue weighted by Gasteiger charge is -2.47. The number of carbonyl (C=O) groups is 1. The smallest absolute Gasteiger partial charge is 0.271 e. The van der Waals surface area contributed by atoms with Crippen molar-refractivity contribution in [1.82, 2.24) is 0 Å². The van der Waals surface area contributed by atoms with Crippen molar-refractivity contribution in [3.8, 4) is 5.75 Å². The van der Waals surface area contributed by atoms with Gasteiger partial charge in [-0.1, -0.05) is 97.1 Å². The van der Waals surface area contributed by atoms with E-state index in [1.807, 2.05) is 71.6 Å². The summed E-state index contributed by atoms with van der Waals surface area (Å²) in [6.07, 6.45) is -0.565. The zero-order chi connectivity index (χ0) is 21.5. The molecule has 0 aliphatic carbocycles. The van der Waals surface area contributed by atoms with Crippen molar-refractivity contribution in [1.29, 1.82) is 0 Å². The molecule has 1 saturated heterocycles. The maximum atomic E-state index is 13.5. The van der Waals surface area contributed by atoms with Crippen molar-refractivity contribution >= 4 is 33.1 Å². The molecule has 1 amide bonds. The molecule has 3 heteroatoms. The van der Waals surface area contributed by atoms with Gasteiger partial charge in [-0.2, -0.15) is 0 Å². The first-order chi connectivity index (χ1) is 15.8. The van der Waals surface area contributed by atoms with Gasteiger partial charge in [-0.15, -0.1) is 0 Å². The number of nitrogens with zero attached hydrogens (tertiary/aromatic N) is 1. The number of rotatable bonds is 4. The Labute approximate surface area is 186 Å². The third kappa shape index (κ3) is 2.94. The number of fused-ring (bicyclic) bond motifs is 3. The van der Waals surface area contributed by atoms with Crippen molar-refractivity contribution in [3.63, 3.8) is 0 Å². The highest BCUT2D eigenvalue weighted by Crippen LogP contribution is 2.45. The monoisotopic (exact) mass is 415 g/mol. The summed E-state index contributed by atoms with van der Waals surface area (Å²) < 4.78 is 6.19. The van der Waals surface area contributed by atoms with Gasteiger partial charge in [-0.3, -0.25) is 9.69 Å². The van der Waals surface area contributed by atoms with Crippen molar-refractivity contribution in [2.45, 2.75) is 12.1 Å². The summed E-state index contributed by atoms with van der Waals surface area (Å²) in [4.78, 5) is 15.4. The van der Waals surface area contributed by atoms with Gasteiger partial charge in [0, 0.05) is 5.39 Å². The van der Waals surface area contributed by atoms with E-state index >= 15 is 0 Å². The Kier molecular flexibility index (Phi) is 4.39. The van der Waals surface area contributed by atoms with Gasteiger partial charge in [0.25, 0.3) is 5.91 Å². The van der Waals surface area contributed by atoms with Gasteiger partial charge in [-0.25, -0.2) is 0 Å². The fourth-order valence-corrected chi connectivity index (χ4v) is 4.70. The number of carbonyl (C=O) groups excluding carboxylic acids is 1. The molecule has 0 bridgehead atoms. The Bertz CT molecular complexity index is 1430. The van der Waals surface area contributed by atoms with Gasteiger partial charge < -0.3 is 4.74 Å². The minimum atomic E-state index is -0.565. The highest BCUT2D eigenvalue weighted by atomic mass is 16.5. The second kappa shape index (κ2) is 7.54. The Morgan fingerprint density at radius 2 is 1.22 bits per heavy atom. The molecule has 0 aromatic heterocycles. The third-order valence-corrected chi connectivity index (χ3v) is 6.20. The van der Waals surface area contributed by atoms with Gasteiger partial charge in [0.15, 0.2) is 0 Å². The Hall–Kier alpha value is -4.11. The van der Waals surface area contributed by atoms with E-state index < -0.39 is 6.10 Å². The largest absolute Gasteiger partial charge is 0.478 e. The lowest BCUT2D eigenvalue weighted by Crippen LogP contribution is -2.61. The summed E-state index contributed by atoms with van der Waals surface area (Å²) in [6, 6.07) is 38.3. The minimum absolute atomic E-state index is 0.0249. The molecule has 0 radical (unpaired) electrons. The molecule has 5 aromatic rings. The average molecular weight is 415 g/mol. The van der Waals surface area contributed by atoms with E-state index in [1.165, 1.54) is 5.39 Å². The molecule has 1 heterocycles. The summed E-state index contributed by atoms with van der Waals surface area (Å²) >= 11 is 0. The zero-order valence-electron chi connectivity index (χ0n) is 17.4. The van der Waals surface area contributed by atoms with Crippen LogP contribution in [0.5, 0.6) is 5.75 Å². The van der Waals surface area contributed by atoms with Gasteiger partial charge in [0.2, 0.25) is 6.10 Å². The van der Waals surface area contributed by atoms with Crippen molar-refractivity contribution in [3.05, 3.63) is 121 Å². The van der Waals surface area contributed by atoms with Gasteiger partial charge >= 0.3 is 0 Å². The van der Waals surface area contributed by atoms with Crippen LogP contribution in [0.3, 0.4) is 0 Å². The highest BCUT2D eigenvalue weighted by Gasteiger charge is 2.51. The fourth-order valence-electron chi connectivity index (χ4n) is 4.70. The molecule has 0 N–H and O–H groups in total. The molecule has 6 rings (SSSR count). The second-order valence-corrected chi connectivity index (χ2v) is 8.08. The molecule has 0 saturated carbocycles. The van der Waals surface area contributed by atoms with Crippen LogP contribution in [0.4, 0.5) is 5.69 Å². The SMILES string of the molecule is O=C1C(Oc2ccccc2)[C@H](c2ccccc2)N1c1cc2ccccc2c2ccccc12. The molecule has 1 aliphatic heterocycles. The van der Waals surface area contributed by atoms with Gasteiger partial charge in [-0.05, 0) is 39.9 Å². The number of anilines is 1. The number of hydrogen-bond acceptors (Lipinski definition) is 2. The maximum Gasteiger partial charge on any atom is 0.271 e. The molecular formula is C29H21NO2. The van der Waals surface area contributed by atoms with Crippen LogP contribution >= 0.6 is 0 Å². The van der Waals surface area contributed by atoms with E-state index in [2.05, 4.69) is 48.5 Å². The van der Waals surface area contributed by atoms with Crippen molar-refractivity contribution < 1.29 is 9.53 Å². The number of ether oxygens (including phenoxy) is 1. The van der Waals surface area contributed by atoms with E-state index in [1.54, 1.807) is 0 Å². The summed E-state index contributed by atoms with van der Waals surface area (Å²) in [5.74, 6) is 0.679. The van der Waals surface area contributed by atoms with Crippen LogP contribution in [0.1, 0.15) is 11.6 Å². The van der Waals surface area contributed by atoms with E-state index in [9.17, 15) is 4.79 Å². The lowest BCUT2D eigenvalue weighted by molar-refractivity contribution is -0.135. The topological polar surface area (TPSA) is 29.5 Å². The Balaban J connectivity index is 1.51. The summed E-state index contributed by atoms with van der Waals surface area (Å²) in [5.41, 5.74) is 1.98. The number of hydrogen-bond donors (Lipinski definition) is 0. The first-order valence-electron chi connectivity index (χ1n) is 10.8. The highest BCUT2D eigenvalue weighted by molar-refractivity contribution is 6.18. The number of amides is 1. The molecule has 1 unspecified atom stereocenters. The number of β-lactam (4-membered cyclic amide) rings is 1. The van der Waals surface area contributed by atoms with E-state index in [0.717, 1.165) is 27.4 Å². The second-order valence-electron chi connectivity index (χ2n) is 8.08. The Morgan fingerprint density at radius 1 is 0.625 bits per heavy atom. The van der Waals surface area contributed by atoms with Crippen LogP contribution in [-0.4, -0.2) is 12.0 Å². The molecule has 154 valence electrons. The molecule has 3 nitrogen and oxygen atoms in total. The van der Waals surface area contributed by atoms with Gasteiger partial charge in [0.1, 0.15) is 11.8 Å². The van der Waals surface area contributed by atoms with Crippen LogP contribution in [0.2, 0.25) is 0 Å². The summed E-state index contributed by atoms with van der Waals surface area (Å²) in [6.45, 7) is 0. The summed E-state index contributed by atoms with van der Waals surface area (Å²) in [5, 5.41) is 4.52. The molecule has 5 aromatic carbocycles. The first-order valence-corrected chi connectivity index (χ1v) is 10.8. The number of para-hydroxylation sites is 1. The Morgan fingerprint density at radius 3 is 1.97 bits per heavy atom. The molecule has 0 spiro atoms. The van der Waals surface area contributed by atoms with E-state index in [4.69, 9.17) is 4.74 Å². The van der Waals surface area contributed by atoms with Crippen LogP contribution in [0.15, 0.2) is 115 Å². The zero-order valence-corrected chi connectivity index (χ0v) is 17.4. The number of benzene rings is 5. The predicted molar refractivity (Wildman–Crippen MR) is 129 cm³/mol. The van der Waals surface area contributed by atoms with Gasteiger partial charge in [0.05, 0.1) is 5.69 Å². The average Bonchev–Trinajstić information content (AvgIpc) is 2.86. The molecule has 32 heavy (non-hydrogen) atoms. The van der Waals surface area contributed by atoms with Crippen molar-refractivity contribution in [2.24, 2.45) is 0 Å². The molecule has 2 atom stereocenters. The van der Waals surface area contributed by atoms with E-state index in [0.29, 0.717) is 5.75 Å². The molecular weight excluding hydrogens is 394 g/mol. The van der Waals surface area contributed by atoms with E-state index in [-0.39, 0.29) is 11.9 Å². The van der Waals surface area contributed by atoms with Crippen LogP contribution in [0, 0.1) is 0 Å². The van der Waals surface area contributed by atoms with Crippen molar-refractivity contribution in [2.75, 3.05) is 4.90 Å². The molecule has 1 fully saturated rings.